The van der Waals surface area contributed by atoms with Crippen molar-refractivity contribution >= 4 is 17.3 Å². The zero-order valence-corrected chi connectivity index (χ0v) is 8.55. The van der Waals surface area contributed by atoms with Gasteiger partial charge in [0, 0.05) is 12.1 Å². The summed E-state index contributed by atoms with van der Waals surface area (Å²) in [5.74, 6) is -0.334. The number of carbonyl (C=O) groups is 1. The summed E-state index contributed by atoms with van der Waals surface area (Å²) >= 11 is 0. The standard InChI is InChI=1S/C11H13N3O/c1-8-7-10(11(12)15)14(13-8)9-5-3-2-4-6-9/h2-6,10H,7H2,1H3,(H2,12,15). The van der Waals surface area contributed by atoms with Crippen molar-refractivity contribution in [2.75, 3.05) is 5.01 Å². The molecule has 1 aromatic rings. The number of primary amides is 1. The zero-order valence-electron chi connectivity index (χ0n) is 8.55. The summed E-state index contributed by atoms with van der Waals surface area (Å²) in [7, 11) is 0. The van der Waals surface area contributed by atoms with Crippen LogP contribution in [0.25, 0.3) is 0 Å². The molecule has 1 heterocycles. The Labute approximate surface area is 88.4 Å². The van der Waals surface area contributed by atoms with E-state index in [-0.39, 0.29) is 11.9 Å². The topological polar surface area (TPSA) is 58.7 Å². The quantitative estimate of drug-likeness (QED) is 0.783. The summed E-state index contributed by atoms with van der Waals surface area (Å²) in [6.45, 7) is 1.90. The van der Waals surface area contributed by atoms with E-state index in [0.29, 0.717) is 6.42 Å². The molecule has 0 bridgehead atoms. The molecule has 0 spiro atoms. The maximum Gasteiger partial charge on any atom is 0.242 e. The highest BCUT2D eigenvalue weighted by Crippen LogP contribution is 2.23. The van der Waals surface area contributed by atoms with E-state index in [1.165, 1.54) is 0 Å². The highest BCUT2D eigenvalue weighted by Gasteiger charge is 2.29. The minimum Gasteiger partial charge on any atom is -0.368 e. The molecule has 0 aromatic heterocycles. The third kappa shape index (κ3) is 1.83. The van der Waals surface area contributed by atoms with Crippen LogP contribution in [0, 0.1) is 0 Å². The lowest BCUT2D eigenvalue weighted by Crippen LogP contribution is -2.39. The summed E-state index contributed by atoms with van der Waals surface area (Å²) in [4.78, 5) is 11.2. The number of anilines is 1. The van der Waals surface area contributed by atoms with Crippen LogP contribution in [0.2, 0.25) is 0 Å². The van der Waals surface area contributed by atoms with Crippen molar-refractivity contribution in [3.63, 3.8) is 0 Å². The molecule has 15 heavy (non-hydrogen) atoms. The number of hydrazone groups is 1. The largest absolute Gasteiger partial charge is 0.368 e. The van der Waals surface area contributed by atoms with Crippen LogP contribution in [-0.4, -0.2) is 17.7 Å². The first-order valence-electron chi connectivity index (χ1n) is 4.86. The van der Waals surface area contributed by atoms with Crippen molar-refractivity contribution in [3.05, 3.63) is 30.3 Å². The third-order valence-electron chi connectivity index (χ3n) is 2.41. The average Bonchev–Trinajstić information content (AvgIpc) is 2.62. The Morgan fingerprint density at radius 1 is 1.47 bits per heavy atom. The van der Waals surface area contributed by atoms with Crippen molar-refractivity contribution in [2.24, 2.45) is 10.8 Å². The van der Waals surface area contributed by atoms with E-state index in [1.807, 2.05) is 37.3 Å². The SMILES string of the molecule is CC1=NN(c2ccccc2)C(C(N)=O)C1. The number of carbonyl (C=O) groups excluding carboxylic acids is 1. The number of hydrogen-bond donors (Lipinski definition) is 1. The summed E-state index contributed by atoms with van der Waals surface area (Å²) in [5.41, 5.74) is 7.17. The summed E-state index contributed by atoms with van der Waals surface area (Å²) in [6.07, 6.45) is 0.615. The number of benzene rings is 1. The second kappa shape index (κ2) is 3.73. The Bertz CT molecular complexity index is 400. The van der Waals surface area contributed by atoms with Gasteiger partial charge in [-0.25, -0.2) is 0 Å². The van der Waals surface area contributed by atoms with Crippen LogP contribution in [0.4, 0.5) is 5.69 Å². The molecular formula is C11H13N3O. The van der Waals surface area contributed by atoms with Gasteiger partial charge >= 0.3 is 0 Å². The minimum atomic E-state index is -0.340. The smallest absolute Gasteiger partial charge is 0.242 e. The van der Waals surface area contributed by atoms with Crippen molar-refractivity contribution in [3.8, 4) is 0 Å². The first-order chi connectivity index (χ1) is 7.18. The Kier molecular flexibility index (Phi) is 2.41. The fourth-order valence-corrected chi connectivity index (χ4v) is 1.70. The van der Waals surface area contributed by atoms with Crippen LogP contribution < -0.4 is 10.7 Å². The Hall–Kier alpha value is -1.84. The summed E-state index contributed by atoms with van der Waals surface area (Å²) < 4.78 is 0. The van der Waals surface area contributed by atoms with Crippen LogP contribution in [0.5, 0.6) is 0 Å². The van der Waals surface area contributed by atoms with Crippen LogP contribution in [0.15, 0.2) is 35.4 Å². The molecule has 0 aliphatic carbocycles. The average molecular weight is 203 g/mol. The molecule has 78 valence electrons. The van der Waals surface area contributed by atoms with Crippen LogP contribution in [-0.2, 0) is 4.79 Å². The summed E-state index contributed by atoms with van der Waals surface area (Å²) in [6, 6.07) is 9.24. The van der Waals surface area contributed by atoms with Gasteiger partial charge in [0.05, 0.1) is 5.69 Å². The van der Waals surface area contributed by atoms with Crippen LogP contribution in [0.1, 0.15) is 13.3 Å². The van der Waals surface area contributed by atoms with Gasteiger partial charge in [0.15, 0.2) is 0 Å². The van der Waals surface area contributed by atoms with Crippen molar-refractivity contribution in [1.29, 1.82) is 0 Å². The van der Waals surface area contributed by atoms with Crippen LogP contribution >= 0.6 is 0 Å². The molecule has 1 amide bonds. The monoisotopic (exact) mass is 203 g/mol. The van der Waals surface area contributed by atoms with Gasteiger partial charge < -0.3 is 5.73 Å². The highest BCUT2D eigenvalue weighted by atomic mass is 16.1. The lowest BCUT2D eigenvalue weighted by Gasteiger charge is -2.20. The van der Waals surface area contributed by atoms with Gasteiger partial charge in [-0.1, -0.05) is 18.2 Å². The predicted octanol–water partition coefficient (Wildman–Crippen LogP) is 1.13. The molecule has 0 saturated heterocycles. The van der Waals surface area contributed by atoms with Gasteiger partial charge in [0.25, 0.3) is 0 Å². The molecule has 1 aromatic carbocycles. The number of rotatable bonds is 2. The van der Waals surface area contributed by atoms with Gasteiger partial charge in [0.1, 0.15) is 6.04 Å². The Morgan fingerprint density at radius 3 is 2.73 bits per heavy atom. The van der Waals surface area contributed by atoms with Gasteiger partial charge in [-0.05, 0) is 19.1 Å². The second-order valence-electron chi connectivity index (χ2n) is 3.64. The molecule has 2 N–H and O–H groups in total. The van der Waals surface area contributed by atoms with Gasteiger partial charge in [0.2, 0.25) is 5.91 Å². The van der Waals surface area contributed by atoms with Gasteiger partial charge in [-0.2, -0.15) is 5.10 Å². The first-order valence-corrected chi connectivity index (χ1v) is 4.86. The van der Waals surface area contributed by atoms with Gasteiger partial charge in [-0.3, -0.25) is 9.80 Å². The number of hydrogen-bond acceptors (Lipinski definition) is 3. The lowest BCUT2D eigenvalue weighted by atomic mass is 10.1. The van der Waals surface area contributed by atoms with Crippen molar-refractivity contribution in [1.82, 2.24) is 0 Å². The predicted molar refractivity (Wildman–Crippen MR) is 59.6 cm³/mol. The third-order valence-corrected chi connectivity index (χ3v) is 2.41. The molecule has 4 nitrogen and oxygen atoms in total. The maximum atomic E-state index is 11.2. The molecule has 2 rings (SSSR count). The molecule has 4 heteroatoms. The molecule has 1 unspecified atom stereocenters. The Balaban J connectivity index is 2.31. The molecule has 0 fully saturated rings. The number of para-hydroxylation sites is 1. The molecule has 1 aliphatic heterocycles. The minimum absolute atomic E-state index is 0.334. The number of amides is 1. The lowest BCUT2D eigenvalue weighted by molar-refractivity contribution is -0.119. The van der Waals surface area contributed by atoms with E-state index < -0.39 is 0 Å². The highest BCUT2D eigenvalue weighted by molar-refractivity contribution is 5.96. The fraction of sp³-hybridized carbons (Fsp3) is 0.273. The van der Waals surface area contributed by atoms with E-state index in [9.17, 15) is 4.79 Å². The molecule has 1 atom stereocenters. The van der Waals surface area contributed by atoms with E-state index >= 15 is 0 Å². The van der Waals surface area contributed by atoms with Crippen molar-refractivity contribution in [2.45, 2.75) is 19.4 Å². The Morgan fingerprint density at radius 2 is 2.13 bits per heavy atom. The fourth-order valence-electron chi connectivity index (χ4n) is 1.70. The summed E-state index contributed by atoms with van der Waals surface area (Å²) in [5, 5.41) is 6.00. The normalized spacial score (nSPS) is 20.2. The molecule has 0 radical (unpaired) electrons. The zero-order chi connectivity index (χ0) is 10.8. The van der Waals surface area contributed by atoms with E-state index in [0.717, 1.165) is 11.4 Å². The first kappa shape index (κ1) is 9.71. The van der Waals surface area contributed by atoms with E-state index in [2.05, 4.69) is 5.10 Å². The number of nitrogens with zero attached hydrogens (tertiary/aromatic N) is 2. The second-order valence-corrected chi connectivity index (χ2v) is 3.64. The number of nitrogens with two attached hydrogens (primary N) is 1. The molecule has 1 aliphatic rings. The maximum absolute atomic E-state index is 11.2. The molecule has 0 saturated carbocycles. The van der Waals surface area contributed by atoms with Gasteiger partial charge in [-0.15, -0.1) is 0 Å². The van der Waals surface area contributed by atoms with E-state index in [4.69, 9.17) is 5.73 Å². The van der Waals surface area contributed by atoms with E-state index in [1.54, 1.807) is 5.01 Å². The van der Waals surface area contributed by atoms with Crippen LogP contribution in [0.3, 0.4) is 0 Å². The van der Waals surface area contributed by atoms with Crippen molar-refractivity contribution < 1.29 is 4.79 Å². The molecular weight excluding hydrogens is 190 g/mol.